The van der Waals surface area contributed by atoms with E-state index >= 15 is 0 Å². The summed E-state index contributed by atoms with van der Waals surface area (Å²) in [6, 6.07) is 3.31. The van der Waals surface area contributed by atoms with Crippen molar-refractivity contribution in [2.24, 2.45) is 5.73 Å². The van der Waals surface area contributed by atoms with Crippen LogP contribution in [-0.4, -0.2) is 38.5 Å². The number of rotatable bonds is 4. The second kappa shape index (κ2) is 6.56. The van der Waals surface area contributed by atoms with Gasteiger partial charge in [-0.3, -0.25) is 0 Å². The fraction of sp³-hybridized carbons (Fsp3) is 0.625. The predicted molar refractivity (Wildman–Crippen MR) is 87.6 cm³/mol. The summed E-state index contributed by atoms with van der Waals surface area (Å²) in [4.78, 5) is 0.271. The predicted octanol–water partition coefficient (Wildman–Crippen LogP) is 2.20. The Morgan fingerprint density at radius 1 is 1.32 bits per heavy atom. The molecule has 2 rings (SSSR count). The number of piperidine rings is 1. The molecular weight excluding hydrogens is 300 g/mol. The van der Waals surface area contributed by atoms with Crippen LogP contribution in [0.4, 0.5) is 0 Å². The summed E-state index contributed by atoms with van der Waals surface area (Å²) in [5.74, 6) is 0.409. The number of nitrogens with two attached hydrogens (primary N) is 1. The Morgan fingerprint density at radius 3 is 2.59 bits per heavy atom. The number of nitrogens with zero attached hydrogens (tertiary/aromatic N) is 1. The van der Waals surface area contributed by atoms with Crippen LogP contribution in [0.5, 0.6) is 5.75 Å². The number of aryl methyl sites for hydroxylation is 2. The minimum atomic E-state index is -3.62. The van der Waals surface area contributed by atoms with Crippen LogP contribution in [0.25, 0.3) is 0 Å². The molecule has 2 N–H and O–H groups in total. The van der Waals surface area contributed by atoms with E-state index in [1.165, 1.54) is 7.11 Å². The minimum Gasteiger partial charge on any atom is -0.495 e. The maximum absolute atomic E-state index is 13.2. The quantitative estimate of drug-likeness (QED) is 0.920. The van der Waals surface area contributed by atoms with Crippen molar-refractivity contribution in [3.05, 3.63) is 23.3 Å². The normalized spacial score (nSPS) is 21.6. The van der Waals surface area contributed by atoms with E-state index in [1.807, 2.05) is 26.8 Å². The van der Waals surface area contributed by atoms with E-state index in [-0.39, 0.29) is 17.0 Å². The van der Waals surface area contributed by atoms with Crippen LogP contribution in [-0.2, 0) is 10.0 Å². The molecule has 0 aromatic heterocycles. The van der Waals surface area contributed by atoms with Gasteiger partial charge in [-0.05, 0) is 50.8 Å². The van der Waals surface area contributed by atoms with Crippen LogP contribution < -0.4 is 10.5 Å². The van der Waals surface area contributed by atoms with Crippen LogP contribution in [0.2, 0.25) is 0 Å². The third-order valence-electron chi connectivity index (χ3n) is 4.28. The van der Waals surface area contributed by atoms with E-state index in [9.17, 15) is 8.42 Å². The van der Waals surface area contributed by atoms with E-state index in [1.54, 1.807) is 10.4 Å². The number of sulfonamides is 1. The average molecular weight is 326 g/mol. The highest BCUT2D eigenvalue weighted by Crippen LogP contribution is 2.34. The molecule has 5 nitrogen and oxygen atoms in total. The molecule has 0 aliphatic carbocycles. The Morgan fingerprint density at radius 2 is 2.00 bits per heavy atom. The summed E-state index contributed by atoms with van der Waals surface area (Å²) >= 11 is 0. The largest absolute Gasteiger partial charge is 0.495 e. The maximum atomic E-state index is 13.2. The SMILES string of the molecule is COc1cc(C)cc(C)c1S(=O)(=O)N1CCCCC1C(C)N. The highest BCUT2D eigenvalue weighted by atomic mass is 32.2. The van der Waals surface area contributed by atoms with E-state index in [2.05, 4.69) is 0 Å². The molecule has 1 saturated heterocycles. The molecular formula is C16H26N2O3S. The maximum Gasteiger partial charge on any atom is 0.247 e. The fourth-order valence-corrected chi connectivity index (χ4v) is 5.39. The van der Waals surface area contributed by atoms with Gasteiger partial charge in [-0.2, -0.15) is 4.31 Å². The summed E-state index contributed by atoms with van der Waals surface area (Å²) in [6.45, 7) is 6.13. The lowest BCUT2D eigenvalue weighted by molar-refractivity contribution is 0.226. The molecule has 124 valence electrons. The first-order valence-electron chi connectivity index (χ1n) is 7.71. The van der Waals surface area contributed by atoms with Gasteiger partial charge >= 0.3 is 0 Å². The van der Waals surface area contributed by atoms with E-state index in [4.69, 9.17) is 10.5 Å². The van der Waals surface area contributed by atoms with Crippen LogP contribution in [0.3, 0.4) is 0 Å². The molecule has 0 bridgehead atoms. The zero-order valence-electron chi connectivity index (χ0n) is 13.8. The zero-order valence-corrected chi connectivity index (χ0v) is 14.6. The van der Waals surface area contributed by atoms with E-state index in [0.29, 0.717) is 17.9 Å². The molecule has 1 fully saturated rings. The third kappa shape index (κ3) is 3.14. The van der Waals surface area contributed by atoms with Gasteiger partial charge in [-0.25, -0.2) is 8.42 Å². The lowest BCUT2D eigenvalue weighted by Gasteiger charge is -2.37. The van der Waals surface area contributed by atoms with E-state index in [0.717, 1.165) is 24.8 Å². The van der Waals surface area contributed by atoms with Gasteiger partial charge in [0.2, 0.25) is 10.0 Å². The fourth-order valence-electron chi connectivity index (χ4n) is 3.27. The molecule has 6 heteroatoms. The lowest BCUT2D eigenvalue weighted by Crippen LogP contribution is -2.51. The highest BCUT2D eigenvalue weighted by molar-refractivity contribution is 7.89. The van der Waals surface area contributed by atoms with Crippen LogP contribution >= 0.6 is 0 Å². The Bertz CT molecular complexity index is 641. The van der Waals surface area contributed by atoms with Crippen LogP contribution in [0, 0.1) is 13.8 Å². The number of hydrogen-bond acceptors (Lipinski definition) is 4. The van der Waals surface area contributed by atoms with Crippen molar-refractivity contribution >= 4 is 10.0 Å². The molecule has 0 radical (unpaired) electrons. The number of hydrogen-bond donors (Lipinski definition) is 1. The highest BCUT2D eigenvalue weighted by Gasteiger charge is 2.37. The van der Waals surface area contributed by atoms with Crippen molar-refractivity contribution in [1.29, 1.82) is 0 Å². The summed E-state index contributed by atoms with van der Waals surface area (Å²) < 4.78 is 33.3. The molecule has 22 heavy (non-hydrogen) atoms. The summed E-state index contributed by atoms with van der Waals surface area (Å²) in [5.41, 5.74) is 7.72. The third-order valence-corrected chi connectivity index (χ3v) is 6.39. The molecule has 1 aromatic rings. The Kier molecular flexibility index (Phi) is 5.14. The summed E-state index contributed by atoms with van der Waals surface area (Å²) in [5, 5.41) is 0. The van der Waals surface area contributed by atoms with Crippen molar-refractivity contribution in [1.82, 2.24) is 4.31 Å². The topological polar surface area (TPSA) is 72.6 Å². The van der Waals surface area contributed by atoms with Crippen LogP contribution in [0.1, 0.15) is 37.3 Å². The van der Waals surface area contributed by atoms with Gasteiger partial charge in [-0.1, -0.05) is 12.5 Å². The average Bonchev–Trinajstić information content (AvgIpc) is 2.45. The van der Waals surface area contributed by atoms with Gasteiger partial charge in [0.1, 0.15) is 10.6 Å². The smallest absolute Gasteiger partial charge is 0.247 e. The second-order valence-electron chi connectivity index (χ2n) is 6.15. The van der Waals surface area contributed by atoms with Crippen molar-refractivity contribution < 1.29 is 13.2 Å². The van der Waals surface area contributed by atoms with Gasteiger partial charge in [0.15, 0.2) is 0 Å². The van der Waals surface area contributed by atoms with Gasteiger partial charge in [0, 0.05) is 18.6 Å². The minimum absolute atomic E-state index is 0.149. The first-order valence-corrected chi connectivity index (χ1v) is 9.15. The van der Waals surface area contributed by atoms with Crippen molar-refractivity contribution in [3.8, 4) is 5.75 Å². The molecule has 0 spiro atoms. The summed E-state index contributed by atoms with van der Waals surface area (Å²) in [6.07, 6.45) is 2.70. The molecule has 0 amide bonds. The van der Waals surface area contributed by atoms with Gasteiger partial charge in [0.25, 0.3) is 0 Å². The first-order chi connectivity index (χ1) is 10.3. The standard InChI is InChI=1S/C16H26N2O3S/c1-11-9-12(2)16(15(10-11)21-4)22(19,20)18-8-6-5-7-14(18)13(3)17/h9-10,13-14H,5-8,17H2,1-4H3. The van der Waals surface area contributed by atoms with Crippen molar-refractivity contribution in [2.45, 2.75) is 57.0 Å². The summed E-state index contributed by atoms with van der Waals surface area (Å²) in [7, 11) is -2.11. The molecule has 1 aromatic carbocycles. The number of benzene rings is 1. The van der Waals surface area contributed by atoms with Gasteiger partial charge in [0.05, 0.1) is 7.11 Å². The van der Waals surface area contributed by atoms with Crippen molar-refractivity contribution in [2.75, 3.05) is 13.7 Å². The molecule has 1 aliphatic heterocycles. The lowest BCUT2D eigenvalue weighted by atomic mass is 10.00. The van der Waals surface area contributed by atoms with Crippen LogP contribution in [0.15, 0.2) is 17.0 Å². The zero-order chi connectivity index (χ0) is 16.5. The van der Waals surface area contributed by atoms with Crippen molar-refractivity contribution in [3.63, 3.8) is 0 Å². The number of methoxy groups -OCH3 is 1. The monoisotopic (exact) mass is 326 g/mol. The first kappa shape index (κ1) is 17.2. The Hall–Kier alpha value is -1.11. The Labute approximate surface area is 133 Å². The number of ether oxygens (including phenoxy) is 1. The Balaban J connectivity index is 2.54. The van der Waals surface area contributed by atoms with Gasteiger partial charge in [-0.15, -0.1) is 0 Å². The molecule has 1 heterocycles. The molecule has 2 atom stereocenters. The molecule has 2 unspecified atom stereocenters. The van der Waals surface area contributed by atoms with Gasteiger partial charge < -0.3 is 10.5 Å². The second-order valence-corrected chi connectivity index (χ2v) is 7.98. The molecule has 1 aliphatic rings. The molecule has 0 saturated carbocycles. The van der Waals surface area contributed by atoms with E-state index < -0.39 is 10.0 Å².